The Morgan fingerprint density at radius 3 is 2.56 bits per heavy atom. The molecule has 0 saturated carbocycles. The van der Waals surface area contributed by atoms with Crippen molar-refractivity contribution in [3.8, 4) is 5.69 Å². The van der Waals surface area contributed by atoms with Gasteiger partial charge in [0.25, 0.3) is 5.91 Å². The van der Waals surface area contributed by atoms with E-state index in [1.807, 2.05) is 62.1 Å². The van der Waals surface area contributed by atoms with Gasteiger partial charge in [-0.15, -0.1) is 11.3 Å². The van der Waals surface area contributed by atoms with Gasteiger partial charge < -0.3 is 10.2 Å². The number of hydrogen-bond donors (Lipinski definition) is 1. The number of nitrogens with zero attached hydrogens (tertiary/aromatic N) is 3. The van der Waals surface area contributed by atoms with Crippen molar-refractivity contribution in [1.29, 1.82) is 0 Å². The summed E-state index contributed by atoms with van der Waals surface area (Å²) < 4.78 is 1.85. The molecule has 130 valence electrons. The predicted octanol–water partition coefficient (Wildman–Crippen LogP) is 3.27. The molecule has 1 aromatic carbocycles. The van der Waals surface area contributed by atoms with Gasteiger partial charge >= 0.3 is 0 Å². The number of benzene rings is 1. The standard InChI is InChI=1S/C19H22N4OS/c1-14-10-11-21-23(14)16-8-6-15(7-9-16)19(24)20-13-17(22(2)3)18-5-4-12-25-18/h4-12,17H,13H2,1-3H3,(H,20,24). The molecule has 0 aliphatic rings. The number of nitrogens with one attached hydrogen (secondary N) is 1. The Kier molecular flexibility index (Phi) is 5.31. The van der Waals surface area contributed by atoms with Gasteiger partial charge in [0.1, 0.15) is 0 Å². The molecule has 0 fully saturated rings. The van der Waals surface area contributed by atoms with Gasteiger partial charge in [0.2, 0.25) is 0 Å². The molecule has 0 radical (unpaired) electrons. The molecular weight excluding hydrogens is 332 g/mol. The zero-order valence-corrected chi connectivity index (χ0v) is 15.5. The van der Waals surface area contributed by atoms with Crippen LogP contribution < -0.4 is 5.32 Å². The second kappa shape index (κ2) is 7.63. The third kappa shape index (κ3) is 3.97. The van der Waals surface area contributed by atoms with Crippen LogP contribution in [0.1, 0.15) is 27.0 Å². The Balaban J connectivity index is 1.66. The molecule has 0 saturated heterocycles. The average molecular weight is 354 g/mol. The fourth-order valence-electron chi connectivity index (χ4n) is 2.70. The maximum absolute atomic E-state index is 12.5. The van der Waals surface area contributed by atoms with Crippen LogP contribution in [0, 0.1) is 6.92 Å². The average Bonchev–Trinajstić information content (AvgIpc) is 3.26. The van der Waals surface area contributed by atoms with Gasteiger partial charge in [0.05, 0.1) is 11.7 Å². The normalized spacial score (nSPS) is 12.3. The highest BCUT2D eigenvalue weighted by molar-refractivity contribution is 7.10. The quantitative estimate of drug-likeness (QED) is 0.739. The van der Waals surface area contributed by atoms with Crippen molar-refractivity contribution in [1.82, 2.24) is 20.0 Å². The van der Waals surface area contributed by atoms with Crippen LogP contribution in [0.25, 0.3) is 5.69 Å². The van der Waals surface area contributed by atoms with E-state index in [0.717, 1.165) is 11.4 Å². The smallest absolute Gasteiger partial charge is 0.251 e. The lowest BCUT2D eigenvalue weighted by Crippen LogP contribution is -2.34. The number of thiophene rings is 1. The Morgan fingerprint density at radius 2 is 2.00 bits per heavy atom. The van der Waals surface area contributed by atoms with Gasteiger partial charge in [-0.2, -0.15) is 5.10 Å². The summed E-state index contributed by atoms with van der Waals surface area (Å²) in [5.74, 6) is -0.0628. The number of aryl methyl sites for hydroxylation is 1. The van der Waals surface area contributed by atoms with E-state index in [-0.39, 0.29) is 11.9 Å². The summed E-state index contributed by atoms with van der Waals surface area (Å²) in [7, 11) is 4.05. The first-order valence-corrected chi connectivity index (χ1v) is 9.03. The molecule has 1 N–H and O–H groups in total. The van der Waals surface area contributed by atoms with E-state index in [9.17, 15) is 4.79 Å². The van der Waals surface area contributed by atoms with Crippen LogP contribution in [0.3, 0.4) is 0 Å². The summed E-state index contributed by atoms with van der Waals surface area (Å²) >= 11 is 1.71. The summed E-state index contributed by atoms with van der Waals surface area (Å²) in [4.78, 5) is 15.8. The van der Waals surface area contributed by atoms with Gasteiger partial charge in [-0.05, 0) is 62.8 Å². The van der Waals surface area contributed by atoms with Crippen molar-refractivity contribution >= 4 is 17.2 Å². The number of aromatic nitrogens is 2. The van der Waals surface area contributed by atoms with Gasteiger partial charge in [-0.1, -0.05) is 6.07 Å². The van der Waals surface area contributed by atoms with Crippen LogP contribution >= 0.6 is 11.3 Å². The van der Waals surface area contributed by atoms with Crippen molar-refractivity contribution in [2.24, 2.45) is 0 Å². The largest absolute Gasteiger partial charge is 0.350 e. The van der Waals surface area contributed by atoms with E-state index < -0.39 is 0 Å². The second-order valence-electron chi connectivity index (χ2n) is 6.14. The third-order valence-corrected chi connectivity index (χ3v) is 5.13. The lowest BCUT2D eigenvalue weighted by atomic mass is 10.1. The Labute approximate surface area is 151 Å². The molecule has 3 aromatic rings. The lowest BCUT2D eigenvalue weighted by molar-refractivity contribution is 0.0942. The summed E-state index contributed by atoms with van der Waals surface area (Å²) in [6.45, 7) is 2.58. The van der Waals surface area contributed by atoms with Crippen molar-refractivity contribution in [2.45, 2.75) is 13.0 Å². The van der Waals surface area contributed by atoms with Crippen molar-refractivity contribution in [3.05, 3.63) is 70.2 Å². The fraction of sp³-hybridized carbons (Fsp3) is 0.263. The predicted molar refractivity (Wildman–Crippen MR) is 101 cm³/mol. The molecule has 2 aromatic heterocycles. The minimum absolute atomic E-state index is 0.0628. The Morgan fingerprint density at radius 1 is 1.24 bits per heavy atom. The van der Waals surface area contributed by atoms with Crippen molar-refractivity contribution in [3.63, 3.8) is 0 Å². The Bertz CT molecular complexity index is 821. The van der Waals surface area contributed by atoms with E-state index in [1.54, 1.807) is 17.5 Å². The molecule has 1 unspecified atom stereocenters. The number of carbonyl (C=O) groups excluding carboxylic acids is 1. The van der Waals surface area contributed by atoms with Crippen LogP contribution in [0.5, 0.6) is 0 Å². The van der Waals surface area contributed by atoms with Crippen molar-refractivity contribution in [2.75, 3.05) is 20.6 Å². The van der Waals surface area contributed by atoms with Crippen LogP contribution in [0.2, 0.25) is 0 Å². The SMILES string of the molecule is Cc1ccnn1-c1ccc(C(=O)NCC(c2cccs2)N(C)C)cc1. The first-order chi connectivity index (χ1) is 12.1. The molecule has 25 heavy (non-hydrogen) atoms. The number of carbonyl (C=O) groups is 1. The zero-order valence-electron chi connectivity index (χ0n) is 14.6. The Hall–Kier alpha value is -2.44. The summed E-state index contributed by atoms with van der Waals surface area (Å²) in [6, 6.07) is 13.8. The third-order valence-electron chi connectivity index (χ3n) is 4.16. The molecule has 6 heteroatoms. The zero-order chi connectivity index (χ0) is 17.8. The second-order valence-corrected chi connectivity index (χ2v) is 7.12. The van der Waals surface area contributed by atoms with E-state index in [2.05, 4.69) is 26.8 Å². The van der Waals surface area contributed by atoms with Crippen LogP contribution in [-0.4, -0.2) is 41.2 Å². The van der Waals surface area contributed by atoms with Gasteiger partial charge in [-0.3, -0.25) is 4.79 Å². The highest BCUT2D eigenvalue weighted by Crippen LogP contribution is 2.22. The van der Waals surface area contributed by atoms with Crippen LogP contribution in [0.15, 0.2) is 54.0 Å². The summed E-state index contributed by atoms with van der Waals surface area (Å²) in [6.07, 6.45) is 1.77. The molecule has 2 heterocycles. The van der Waals surface area contributed by atoms with E-state index in [1.165, 1.54) is 4.88 Å². The van der Waals surface area contributed by atoms with E-state index >= 15 is 0 Å². The number of amides is 1. The summed E-state index contributed by atoms with van der Waals surface area (Å²) in [5, 5.41) is 9.38. The molecule has 1 amide bonds. The molecule has 0 aliphatic carbocycles. The maximum atomic E-state index is 12.5. The maximum Gasteiger partial charge on any atom is 0.251 e. The minimum Gasteiger partial charge on any atom is -0.350 e. The first kappa shape index (κ1) is 17.4. The first-order valence-electron chi connectivity index (χ1n) is 8.15. The topological polar surface area (TPSA) is 50.2 Å². The van der Waals surface area contributed by atoms with Crippen LogP contribution in [-0.2, 0) is 0 Å². The highest BCUT2D eigenvalue weighted by atomic mass is 32.1. The van der Waals surface area contributed by atoms with Crippen molar-refractivity contribution < 1.29 is 4.79 Å². The molecule has 3 rings (SSSR count). The van der Waals surface area contributed by atoms with Gasteiger partial charge in [0.15, 0.2) is 0 Å². The van der Waals surface area contributed by atoms with E-state index in [0.29, 0.717) is 12.1 Å². The monoisotopic (exact) mass is 354 g/mol. The van der Waals surface area contributed by atoms with Gasteiger partial charge in [-0.25, -0.2) is 4.68 Å². The fourth-order valence-corrected chi connectivity index (χ4v) is 3.63. The molecule has 5 nitrogen and oxygen atoms in total. The minimum atomic E-state index is -0.0628. The number of likely N-dealkylation sites (N-methyl/N-ethyl adjacent to an activating group) is 1. The lowest BCUT2D eigenvalue weighted by Gasteiger charge is -2.23. The molecule has 0 aliphatic heterocycles. The highest BCUT2D eigenvalue weighted by Gasteiger charge is 2.16. The molecular formula is C19H22N4OS. The molecule has 0 bridgehead atoms. The number of rotatable bonds is 6. The number of hydrogen-bond acceptors (Lipinski definition) is 4. The summed E-state index contributed by atoms with van der Waals surface area (Å²) in [5.41, 5.74) is 2.66. The van der Waals surface area contributed by atoms with Gasteiger partial charge in [0, 0.05) is 28.9 Å². The molecule has 0 spiro atoms. The molecule has 1 atom stereocenters. The van der Waals surface area contributed by atoms with Crippen LogP contribution in [0.4, 0.5) is 0 Å². The van der Waals surface area contributed by atoms with E-state index in [4.69, 9.17) is 0 Å².